The number of rotatable bonds is 11. The fourth-order valence-electron chi connectivity index (χ4n) is 2.17. The highest BCUT2D eigenvalue weighted by atomic mass is 28.4. The molecule has 0 aromatic carbocycles. The van der Waals surface area contributed by atoms with Gasteiger partial charge in [0.2, 0.25) is 0 Å². The smallest absolute Gasteiger partial charge is 0.374 e. The number of epoxide rings is 1. The summed E-state index contributed by atoms with van der Waals surface area (Å²) in [7, 11) is 2.08. The highest BCUT2D eigenvalue weighted by molar-refractivity contribution is 6.69. The molecule has 1 fully saturated rings. The lowest BCUT2D eigenvalue weighted by atomic mass is 10.2. The van der Waals surface area contributed by atoms with E-state index in [1.165, 1.54) is 0 Å². The molecule has 2 atom stereocenters. The summed E-state index contributed by atoms with van der Waals surface area (Å²) >= 11 is 0. The first kappa shape index (κ1) is 17.8. The molecule has 1 heterocycles. The highest BCUT2D eigenvalue weighted by Gasteiger charge is 2.46. The normalized spacial score (nSPS) is 21.1. The number of hydrogen-bond acceptors (Lipinski definition) is 5. The van der Waals surface area contributed by atoms with Crippen LogP contribution in [0.2, 0.25) is 0 Å². The molecule has 0 aromatic rings. The highest BCUT2D eigenvalue weighted by Crippen LogP contribution is 2.26. The molecule has 20 heavy (non-hydrogen) atoms. The summed E-state index contributed by atoms with van der Waals surface area (Å²) in [5.74, 6) is 0. The maximum atomic E-state index is 5.99. The van der Waals surface area contributed by atoms with E-state index in [0.29, 0.717) is 6.61 Å². The molecular weight excluding hydrogens is 276 g/mol. The van der Waals surface area contributed by atoms with Crippen molar-refractivity contribution in [2.45, 2.75) is 45.3 Å². The van der Waals surface area contributed by atoms with Crippen molar-refractivity contribution in [2.24, 2.45) is 0 Å². The zero-order chi connectivity index (χ0) is 15.0. The van der Waals surface area contributed by atoms with E-state index in [4.69, 9.17) is 22.8 Å². The Kier molecular flexibility index (Phi) is 7.94. The van der Waals surface area contributed by atoms with E-state index in [-0.39, 0.29) is 12.2 Å². The van der Waals surface area contributed by atoms with E-state index < -0.39 is 8.80 Å². The van der Waals surface area contributed by atoms with Crippen molar-refractivity contribution in [1.82, 2.24) is 0 Å². The van der Waals surface area contributed by atoms with Crippen molar-refractivity contribution < 1.29 is 22.8 Å². The molecule has 0 radical (unpaired) electrons. The van der Waals surface area contributed by atoms with Gasteiger partial charge in [-0.1, -0.05) is 26.3 Å². The van der Waals surface area contributed by atoms with Crippen LogP contribution < -0.4 is 0 Å². The minimum atomic E-state index is -2.82. The van der Waals surface area contributed by atoms with E-state index in [2.05, 4.69) is 19.9 Å². The van der Waals surface area contributed by atoms with Crippen LogP contribution in [0.5, 0.6) is 0 Å². The Morgan fingerprint density at radius 2 is 1.85 bits per heavy atom. The molecule has 1 saturated heterocycles. The Balaban J connectivity index is 2.87. The van der Waals surface area contributed by atoms with Crippen LogP contribution in [0.4, 0.5) is 0 Å². The second-order valence-electron chi connectivity index (χ2n) is 4.80. The minimum Gasteiger partial charge on any atom is -0.374 e. The van der Waals surface area contributed by atoms with Crippen LogP contribution in [0.3, 0.4) is 0 Å². The molecule has 2 unspecified atom stereocenters. The molecule has 1 aliphatic heterocycles. The van der Waals surface area contributed by atoms with Gasteiger partial charge in [0.15, 0.2) is 0 Å². The minimum absolute atomic E-state index is 0.0442. The fraction of sp³-hybridized carbons (Fsp3) is 0.857. The van der Waals surface area contributed by atoms with Gasteiger partial charge in [0.05, 0.1) is 19.3 Å². The molecule has 6 heteroatoms. The summed E-state index contributed by atoms with van der Waals surface area (Å²) in [4.78, 5) is 0. The first-order chi connectivity index (χ1) is 9.67. The lowest BCUT2D eigenvalue weighted by Crippen LogP contribution is -2.49. The Hall–Kier alpha value is -0.243. The lowest BCUT2D eigenvalue weighted by Gasteiger charge is -2.31. The Morgan fingerprint density at radius 3 is 2.25 bits per heavy atom. The standard InChI is InChI=1S/C14H28O5Si/c1-6-8-9-14(20(15-3,16-4)17-5)13(7-2)19-11-12-10-18-12/h9,12-13H,6-8,10-11H2,1-5H3. The quantitative estimate of drug-likeness (QED) is 0.433. The molecule has 0 bridgehead atoms. The summed E-state index contributed by atoms with van der Waals surface area (Å²) in [6, 6.07) is 0. The van der Waals surface area contributed by atoms with E-state index in [1.54, 1.807) is 21.3 Å². The molecule has 1 rings (SSSR count). The van der Waals surface area contributed by atoms with Crippen LogP contribution in [-0.2, 0) is 22.8 Å². The second-order valence-corrected chi connectivity index (χ2v) is 7.72. The number of unbranched alkanes of at least 4 members (excludes halogenated alkanes) is 1. The average Bonchev–Trinajstić information content (AvgIpc) is 3.30. The maximum absolute atomic E-state index is 5.99. The molecule has 5 nitrogen and oxygen atoms in total. The van der Waals surface area contributed by atoms with Gasteiger partial charge in [0.1, 0.15) is 6.10 Å². The van der Waals surface area contributed by atoms with Crippen molar-refractivity contribution in [3.8, 4) is 0 Å². The summed E-state index contributed by atoms with van der Waals surface area (Å²) in [5, 5.41) is 1.02. The Labute approximate surface area is 123 Å². The summed E-state index contributed by atoms with van der Waals surface area (Å²) in [6.07, 6.45) is 5.24. The van der Waals surface area contributed by atoms with Gasteiger partial charge in [0.25, 0.3) is 0 Å². The van der Waals surface area contributed by atoms with Crippen molar-refractivity contribution in [3.63, 3.8) is 0 Å². The SMILES string of the molecule is CCCC=C(C(CC)OCC1CO1)[Si](OC)(OC)OC. The topological polar surface area (TPSA) is 49.5 Å². The van der Waals surface area contributed by atoms with Crippen LogP contribution >= 0.6 is 0 Å². The van der Waals surface area contributed by atoms with Crippen LogP contribution in [0.1, 0.15) is 33.1 Å². The summed E-state index contributed by atoms with van der Waals surface area (Å²) < 4.78 is 28.0. The molecule has 0 N–H and O–H groups in total. The molecule has 0 spiro atoms. The molecule has 0 aliphatic carbocycles. The monoisotopic (exact) mass is 304 g/mol. The maximum Gasteiger partial charge on any atom is 0.534 e. The number of ether oxygens (including phenoxy) is 2. The first-order valence-corrected chi connectivity index (χ1v) is 8.99. The first-order valence-electron chi connectivity index (χ1n) is 7.26. The predicted octanol–water partition coefficient (Wildman–Crippen LogP) is 2.32. The van der Waals surface area contributed by atoms with E-state index in [0.717, 1.165) is 31.1 Å². The van der Waals surface area contributed by atoms with Gasteiger partial charge in [-0.3, -0.25) is 0 Å². The summed E-state index contributed by atoms with van der Waals surface area (Å²) in [5.41, 5.74) is 0. The molecule has 0 aromatic heterocycles. The van der Waals surface area contributed by atoms with Gasteiger partial charge in [-0.15, -0.1) is 0 Å². The Morgan fingerprint density at radius 1 is 1.25 bits per heavy atom. The van der Waals surface area contributed by atoms with E-state index >= 15 is 0 Å². The van der Waals surface area contributed by atoms with Gasteiger partial charge in [0, 0.05) is 26.5 Å². The van der Waals surface area contributed by atoms with Crippen LogP contribution in [-0.4, -0.2) is 55.6 Å². The fourth-order valence-corrected chi connectivity index (χ4v) is 4.46. The van der Waals surface area contributed by atoms with Crippen molar-refractivity contribution in [2.75, 3.05) is 34.5 Å². The second kappa shape index (κ2) is 8.91. The zero-order valence-electron chi connectivity index (χ0n) is 13.3. The number of hydrogen-bond donors (Lipinski definition) is 0. The van der Waals surface area contributed by atoms with E-state index in [9.17, 15) is 0 Å². The van der Waals surface area contributed by atoms with Crippen LogP contribution in [0, 0.1) is 0 Å². The Bertz CT molecular complexity index is 292. The molecular formula is C14H28O5Si. The average molecular weight is 304 g/mol. The molecule has 0 saturated carbocycles. The predicted molar refractivity (Wildman–Crippen MR) is 79.5 cm³/mol. The third kappa shape index (κ3) is 4.65. The lowest BCUT2D eigenvalue weighted by molar-refractivity contribution is 0.0523. The number of allylic oxidation sites excluding steroid dienone is 1. The van der Waals surface area contributed by atoms with Gasteiger partial charge < -0.3 is 22.8 Å². The third-order valence-corrected chi connectivity index (χ3v) is 6.26. The van der Waals surface area contributed by atoms with Crippen LogP contribution in [0.15, 0.2) is 11.3 Å². The molecule has 0 amide bonds. The van der Waals surface area contributed by atoms with Gasteiger partial charge in [-0.25, -0.2) is 0 Å². The molecule has 118 valence electrons. The largest absolute Gasteiger partial charge is 0.534 e. The van der Waals surface area contributed by atoms with Crippen LogP contribution in [0.25, 0.3) is 0 Å². The third-order valence-electron chi connectivity index (χ3n) is 3.42. The summed E-state index contributed by atoms with van der Waals surface area (Å²) in [6.45, 7) is 5.65. The van der Waals surface area contributed by atoms with Crippen molar-refractivity contribution in [3.05, 3.63) is 11.3 Å². The van der Waals surface area contributed by atoms with Gasteiger partial charge in [-0.05, 0) is 12.8 Å². The molecule has 1 aliphatic rings. The van der Waals surface area contributed by atoms with Crippen molar-refractivity contribution >= 4 is 8.80 Å². The van der Waals surface area contributed by atoms with E-state index in [1.807, 2.05) is 0 Å². The van der Waals surface area contributed by atoms with Crippen molar-refractivity contribution in [1.29, 1.82) is 0 Å². The zero-order valence-corrected chi connectivity index (χ0v) is 14.3. The van der Waals surface area contributed by atoms with Gasteiger partial charge in [-0.2, -0.15) is 0 Å². The van der Waals surface area contributed by atoms with Gasteiger partial charge >= 0.3 is 8.80 Å².